The van der Waals surface area contributed by atoms with E-state index in [1.807, 2.05) is 5.32 Å². The maximum absolute atomic E-state index is 12.6. The summed E-state index contributed by atoms with van der Waals surface area (Å²) in [7, 11) is 3.20. The molecule has 0 bridgehead atoms. The van der Waals surface area contributed by atoms with Gasteiger partial charge in [-0.05, 0) is 31.0 Å². The molecule has 160 valence electrons. The molecule has 0 spiro atoms. The minimum absolute atomic E-state index is 0.0265. The van der Waals surface area contributed by atoms with Crippen LogP contribution in [0.4, 0.5) is 11.4 Å². The van der Waals surface area contributed by atoms with Crippen molar-refractivity contribution in [1.29, 1.82) is 0 Å². The Morgan fingerprint density at radius 2 is 2.06 bits per heavy atom. The zero-order chi connectivity index (χ0) is 24.5. The molecular formula is C20H22N8O3. The van der Waals surface area contributed by atoms with Gasteiger partial charge in [-0.2, -0.15) is 5.10 Å². The quantitative estimate of drug-likeness (QED) is 0.515. The van der Waals surface area contributed by atoms with Crippen LogP contribution in [0, 0.1) is 0 Å². The molecule has 11 heteroatoms. The van der Waals surface area contributed by atoms with Crippen molar-refractivity contribution in [3.05, 3.63) is 42.0 Å². The van der Waals surface area contributed by atoms with Gasteiger partial charge in [0.25, 0.3) is 11.8 Å². The van der Waals surface area contributed by atoms with E-state index in [-0.39, 0.29) is 23.1 Å². The maximum atomic E-state index is 12.6. The molecule has 0 saturated heterocycles. The van der Waals surface area contributed by atoms with E-state index < -0.39 is 18.8 Å². The van der Waals surface area contributed by atoms with Crippen LogP contribution in [-0.2, 0) is 7.05 Å². The van der Waals surface area contributed by atoms with E-state index in [0.29, 0.717) is 22.8 Å². The van der Waals surface area contributed by atoms with Crippen LogP contribution in [0.5, 0.6) is 5.75 Å². The van der Waals surface area contributed by atoms with Crippen molar-refractivity contribution in [3.63, 3.8) is 0 Å². The Kier molecular flexibility index (Phi) is 4.53. The lowest BCUT2D eigenvalue weighted by Crippen LogP contribution is -2.28. The number of carbonyl (C=O) groups is 2. The maximum Gasteiger partial charge on any atom is 0.273 e. The topological polar surface area (TPSA) is 136 Å². The zero-order valence-corrected chi connectivity index (χ0v) is 16.8. The third kappa shape index (κ3) is 4.29. The molecule has 1 aliphatic rings. The Hall–Kier alpha value is -4.02. The fourth-order valence-corrected chi connectivity index (χ4v) is 2.95. The van der Waals surface area contributed by atoms with Gasteiger partial charge in [0.1, 0.15) is 6.33 Å². The first-order valence-electron chi connectivity index (χ1n) is 11.0. The molecule has 2 aromatic heterocycles. The highest BCUT2D eigenvalue weighted by molar-refractivity contribution is 6.00. The van der Waals surface area contributed by atoms with Gasteiger partial charge in [-0.25, -0.2) is 4.98 Å². The lowest BCUT2D eigenvalue weighted by atomic mass is 10.1. The fourth-order valence-electron chi connectivity index (χ4n) is 2.95. The normalized spacial score (nSPS) is 14.7. The van der Waals surface area contributed by atoms with E-state index in [0.717, 1.165) is 12.8 Å². The second-order valence-corrected chi connectivity index (χ2v) is 6.95. The second-order valence-electron chi connectivity index (χ2n) is 6.95. The smallest absolute Gasteiger partial charge is 0.273 e. The highest BCUT2D eigenvalue weighted by Gasteiger charge is 2.26. The van der Waals surface area contributed by atoms with E-state index in [1.165, 1.54) is 13.2 Å². The molecule has 3 N–H and O–H groups in total. The average Bonchev–Trinajstić information content (AvgIpc) is 3.48. The molecule has 0 aliphatic heterocycles. The highest BCUT2D eigenvalue weighted by atomic mass is 16.5. The number of carbonyl (C=O) groups excluding carboxylic acids is 2. The third-order valence-electron chi connectivity index (χ3n) is 4.60. The predicted octanol–water partition coefficient (Wildman–Crippen LogP) is 1.28. The summed E-state index contributed by atoms with van der Waals surface area (Å²) in [6, 6.07) is 6.60. The molecule has 2 heterocycles. The monoisotopic (exact) mass is 425 g/mol. The molecule has 0 unspecified atom stereocenters. The van der Waals surface area contributed by atoms with Crippen molar-refractivity contribution in [2.75, 3.05) is 19.4 Å². The Labute approximate surface area is 182 Å². The van der Waals surface area contributed by atoms with Gasteiger partial charge in [0.05, 0.1) is 24.0 Å². The largest absolute Gasteiger partial charge is 0.494 e. The van der Waals surface area contributed by atoms with Gasteiger partial charge < -0.3 is 20.7 Å². The number of hydrogen-bond donors (Lipinski definition) is 3. The molecule has 31 heavy (non-hydrogen) atoms. The van der Waals surface area contributed by atoms with Gasteiger partial charge in [0, 0.05) is 24.2 Å². The Balaban J connectivity index is 1.74. The van der Waals surface area contributed by atoms with Crippen LogP contribution in [0.1, 0.15) is 37.9 Å². The summed E-state index contributed by atoms with van der Waals surface area (Å²) in [6.07, 6.45) is 3.31. The summed E-state index contributed by atoms with van der Waals surface area (Å²) in [5, 5.41) is 19.7. The number of nitrogens with one attached hydrogen (secondary N) is 3. The Bertz CT molecular complexity index is 1240. The summed E-state index contributed by atoms with van der Waals surface area (Å²) in [6.45, 7) is -2.74. The van der Waals surface area contributed by atoms with Gasteiger partial charge in [-0.15, -0.1) is 10.2 Å². The van der Waals surface area contributed by atoms with Crippen LogP contribution in [0.3, 0.4) is 0 Å². The third-order valence-corrected chi connectivity index (χ3v) is 4.60. The molecule has 2 amide bonds. The van der Waals surface area contributed by atoms with E-state index in [1.54, 1.807) is 36.3 Å². The van der Waals surface area contributed by atoms with Crippen molar-refractivity contribution in [2.45, 2.75) is 18.9 Å². The first-order valence-corrected chi connectivity index (χ1v) is 9.46. The molecule has 1 fully saturated rings. The van der Waals surface area contributed by atoms with Crippen LogP contribution >= 0.6 is 0 Å². The number of rotatable bonds is 7. The molecule has 11 nitrogen and oxygen atoms in total. The van der Waals surface area contributed by atoms with Crippen molar-refractivity contribution < 1.29 is 18.4 Å². The summed E-state index contributed by atoms with van der Waals surface area (Å²) >= 11 is 0. The van der Waals surface area contributed by atoms with Gasteiger partial charge in [0.15, 0.2) is 23.0 Å². The predicted molar refractivity (Wildman–Crippen MR) is 112 cm³/mol. The standard InChI is InChI=1S/C20H22N8O3/c1-21-20(30)16-14(9-15(25-26-16)19(29)23-11-7-8-11)24-13-6-4-5-12(17(13)31-3)18-22-10-28(2)27-18/h4-6,9-11H,7-8H2,1-3H3,(H,21,30)(H,23,29)(H,24,25)/i1D3. The lowest BCUT2D eigenvalue weighted by Gasteiger charge is -2.16. The van der Waals surface area contributed by atoms with E-state index in [2.05, 4.69) is 30.9 Å². The van der Waals surface area contributed by atoms with Crippen LogP contribution in [-0.4, -0.2) is 56.9 Å². The molecule has 3 aromatic rings. The zero-order valence-electron chi connectivity index (χ0n) is 19.8. The highest BCUT2D eigenvalue weighted by Crippen LogP contribution is 2.36. The molecule has 0 radical (unpaired) electrons. The van der Waals surface area contributed by atoms with Gasteiger partial charge in [-0.3, -0.25) is 14.3 Å². The summed E-state index contributed by atoms with van der Waals surface area (Å²) in [4.78, 5) is 29.4. The number of anilines is 2. The number of nitrogens with zero attached hydrogens (tertiary/aromatic N) is 5. The first-order chi connectivity index (χ1) is 16.1. The number of hydrogen-bond acceptors (Lipinski definition) is 8. The number of aromatic nitrogens is 5. The molecule has 1 saturated carbocycles. The second kappa shape index (κ2) is 8.38. The minimum Gasteiger partial charge on any atom is -0.494 e. The van der Waals surface area contributed by atoms with E-state index >= 15 is 0 Å². The minimum atomic E-state index is -2.74. The molecule has 1 aromatic carbocycles. The number of ether oxygens (including phenoxy) is 1. The molecule has 0 atom stereocenters. The number of methoxy groups -OCH3 is 1. The van der Waals surface area contributed by atoms with Crippen LogP contribution in [0.25, 0.3) is 11.4 Å². The molecule has 1 aliphatic carbocycles. The summed E-state index contributed by atoms with van der Waals surface area (Å²) in [5.41, 5.74) is 0.734. The number of amides is 2. The number of aryl methyl sites for hydroxylation is 1. The van der Waals surface area contributed by atoms with Crippen molar-refractivity contribution in [3.8, 4) is 17.1 Å². The number of para-hydroxylation sites is 1. The van der Waals surface area contributed by atoms with Crippen LogP contribution < -0.4 is 20.7 Å². The van der Waals surface area contributed by atoms with Gasteiger partial charge in [-0.1, -0.05) is 6.07 Å². The number of benzene rings is 1. The SMILES string of the molecule is [2H]C([2H])([2H])NC(=O)c1nnc(C(=O)NC2CC2)cc1Nc1cccc(-c2ncn(C)n2)c1OC. The average molecular weight is 425 g/mol. The molecule has 4 rings (SSSR count). The Morgan fingerprint density at radius 3 is 2.74 bits per heavy atom. The van der Waals surface area contributed by atoms with Crippen molar-refractivity contribution in [1.82, 2.24) is 35.6 Å². The first kappa shape index (κ1) is 16.7. The van der Waals surface area contributed by atoms with Crippen LogP contribution in [0.2, 0.25) is 0 Å². The van der Waals surface area contributed by atoms with Crippen LogP contribution in [0.15, 0.2) is 30.6 Å². The van der Waals surface area contributed by atoms with Gasteiger partial charge in [0.2, 0.25) is 0 Å². The fraction of sp³-hybridized carbons (Fsp3) is 0.300. The van der Waals surface area contributed by atoms with Gasteiger partial charge >= 0.3 is 0 Å². The van der Waals surface area contributed by atoms with E-state index in [9.17, 15) is 9.59 Å². The van der Waals surface area contributed by atoms with Crippen molar-refractivity contribution >= 4 is 23.2 Å². The Morgan fingerprint density at radius 1 is 1.23 bits per heavy atom. The van der Waals surface area contributed by atoms with E-state index in [4.69, 9.17) is 8.85 Å². The summed E-state index contributed by atoms with van der Waals surface area (Å²) < 4.78 is 29.1. The summed E-state index contributed by atoms with van der Waals surface area (Å²) in [5.74, 6) is -0.637. The lowest BCUT2D eigenvalue weighted by molar-refractivity contribution is 0.0935. The molecular weight excluding hydrogens is 400 g/mol. The van der Waals surface area contributed by atoms with Crippen molar-refractivity contribution in [2.24, 2.45) is 7.05 Å².